The first kappa shape index (κ1) is 47.8. The zero-order chi connectivity index (χ0) is 50.7. The van der Waals surface area contributed by atoms with Gasteiger partial charge in [0.15, 0.2) is 11.0 Å². The molecule has 0 amide bonds. The molecular formula is C60H58N10O4. The van der Waals surface area contributed by atoms with Gasteiger partial charge < -0.3 is 9.47 Å². The summed E-state index contributed by atoms with van der Waals surface area (Å²) in [5, 5.41) is 9.23. The molecule has 74 heavy (non-hydrogen) atoms. The first-order valence-electron chi connectivity index (χ1n) is 25.3. The lowest BCUT2D eigenvalue weighted by atomic mass is 9.99. The van der Waals surface area contributed by atoms with Crippen molar-refractivity contribution in [2.45, 2.75) is 52.6 Å². The number of methoxy groups -OCH3 is 2. The highest BCUT2D eigenvalue weighted by Gasteiger charge is 2.20. The highest BCUT2D eigenvalue weighted by Crippen LogP contribution is 2.30. The van der Waals surface area contributed by atoms with Gasteiger partial charge in [-0.2, -0.15) is 10.2 Å². The third-order valence-corrected chi connectivity index (χ3v) is 14.3. The van der Waals surface area contributed by atoms with Crippen LogP contribution in [0.25, 0.3) is 67.1 Å². The van der Waals surface area contributed by atoms with Gasteiger partial charge in [-0.15, -0.1) is 0 Å². The van der Waals surface area contributed by atoms with Gasteiger partial charge in [0.25, 0.3) is 11.1 Å². The molecule has 2 aliphatic heterocycles. The quantitative estimate of drug-likeness (QED) is 0.117. The number of ether oxygens (including phenoxy) is 2. The van der Waals surface area contributed by atoms with E-state index in [9.17, 15) is 9.59 Å². The van der Waals surface area contributed by atoms with E-state index in [1.807, 2.05) is 86.6 Å². The predicted molar refractivity (Wildman–Crippen MR) is 291 cm³/mol. The Bertz CT molecular complexity index is 3470. The molecule has 0 saturated carbocycles. The van der Waals surface area contributed by atoms with Crippen molar-refractivity contribution in [3.63, 3.8) is 0 Å². The molecule has 14 heteroatoms. The molecule has 0 N–H and O–H groups in total. The molecule has 10 aromatic rings. The summed E-state index contributed by atoms with van der Waals surface area (Å²) in [5.74, 6) is 1.49. The lowest BCUT2D eigenvalue weighted by molar-refractivity contribution is 0.332. The van der Waals surface area contributed by atoms with Crippen LogP contribution in [0.5, 0.6) is 11.5 Å². The summed E-state index contributed by atoms with van der Waals surface area (Å²) in [6, 6.07) is 48.4. The Balaban J connectivity index is 0.000000159. The van der Waals surface area contributed by atoms with Crippen molar-refractivity contribution in [1.29, 1.82) is 0 Å². The Hall–Kier alpha value is -8.46. The molecule has 0 radical (unpaired) electrons. The number of benzene rings is 6. The third-order valence-electron chi connectivity index (χ3n) is 14.3. The summed E-state index contributed by atoms with van der Waals surface area (Å²) < 4.78 is 17.0. The zero-order valence-electron chi connectivity index (χ0n) is 42.2. The number of hydrogen-bond donors (Lipinski definition) is 0. The van der Waals surface area contributed by atoms with Crippen molar-refractivity contribution in [3.05, 3.63) is 201 Å². The summed E-state index contributed by atoms with van der Waals surface area (Å²) in [6.07, 6.45) is 8.30. The van der Waals surface area contributed by atoms with Gasteiger partial charge in [0.1, 0.15) is 35.2 Å². The number of aryl methyl sites for hydroxylation is 2. The van der Waals surface area contributed by atoms with Gasteiger partial charge in [-0.25, -0.2) is 19.3 Å². The lowest BCUT2D eigenvalue weighted by Crippen LogP contribution is -2.21. The van der Waals surface area contributed by atoms with Gasteiger partial charge in [-0.05, 0) is 172 Å². The van der Waals surface area contributed by atoms with Crippen LogP contribution < -0.4 is 20.6 Å². The van der Waals surface area contributed by atoms with E-state index in [2.05, 4.69) is 103 Å². The second-order valence-electron chi connectivity index (χ2n) is 19.0. The number of rotatable bonds is 12. The summed E-state index contributed by atoms with van der Waals surface area (Å²) in [5.41, 5.74) is 13.7. The largest absolute Gasteiger partial charge is 0.497 e. The van der Waals surface area contributed by atoms with E-state index in [-0.39, 0.29) is 11.1 Å². The first-order chi connectivity index (χ1) is 36.2. The summed E-state index contributed by atoms with van der Waals surface area (Å²) in [4.78, 5) is 41.6. The molecule has 0 atom stereocenters. The lowest BCUT2D eigenvalue weighted by Gasteiger charge is -2.18. The Kier molecular flexibility index (Phi) is 13.5. The Morgan fingerprint density at radius 1 is 0.446 bits per heavy atom. The Labute approximate surface area is 429 Å². The number of hydrogen-bond acceptors (Lipinski definition) is 10. The van der Waals surface area contributed by atoms with Crippen molar-refractivity contribution in [2.24, 2.45) is 0 Å². The second kappa shape index (κ2) is 20.9. The number of likely N-dealkylation sites (tertiary alicyclic amines) is 2. The van der Waals surface area contributed by atoms with E-state index in [0.29, 0.717) is 33.5 Å². The zero-order valence-corrected chi connectivity index (χ0v) is 42.2. The maximum Gasteiger partial charge on any atom is 0.284 e. The van der Waals surface area contributed by atoms with Gasteiger partial charge in [-0.3, -0.25) is 28.5 Å². The van der Waals surface area contributed by atoms with E-state index >= 15 is 0 Å². The second-order valence-corrected chi connectivity index (χ2v) is 19.0. The summed E-state index contributed by atoms with van der Waals surface area (Å²) >= 11 is 0. The maximum absolute atomic E-state index is 13.7. The molecule has 0 spiro atoms. The molecule has 372 valence electrons. The number of nitrogens with zero attached hydrogens (tertiary/aromatic N) is 10. The molecule has 6 aromatic carbocycles. The molecule has 14 nitrogen and oxygen atoms in total. The van der Waals surface area contributed by atoms with Crippen LogP contribution >= 0.6 is 0 Å². The van der Waals surface area contributed by atoms with Crippen molar-refractivity contribution >= 4 is 22.1 Å². The highest BCUT2D eigenvalue weighted by molar-refractivity contribution is 5.80. The third kappa shape index (κ3) is 9.52. The molecule has 2 aliphatic rings. The van der Waals surface area contributed by atoms with Crippen LogP contribution in [0.15, 0.2) is 168 Å². The van der Waals surface area contributed by atoms with E-state index < -0.39 is 0 Å². The van der Waals surface area contributed by atoms with Crippen molar-refractivity contribution < 1.29 is 9.47 Å². The van der Waals surface area contributed by atoms with Gasteiger partial charge in [0.2, 0.25) is 0 Å². The fourth-order valence-corrected chi connectivity index (χ4v) is 10.3. The van der Waals surface area contributed by atoms with Gasteiger partial charge in [-0.1, -0.05) is 72.8 Å². The Morgan fingerprint density at radius 3 is 1.16 bits per heavy atom. The molecule has 0 aliphatic carbocycles. The fraction of sp³-hybridized carbons (Fsp3) is 0.233. The van der Waals surface area contributed by atoms with Gasteiger partial charge >= 0.3 is 0 Å². The van der Waals surface area contributed by atoms with Crippen LogP contribution in [0.1, 0.15) is 48.2 Å². The van der Waals surface area contributed by atoms with Crippen molar-refractivity contribution in [3.8, 4) is 56.5 Å². The van der Waals surface area contributed by atoms with Gasteiger partial charge in [0.05, 0.1) is 48.4 Å². The fourth-order valence-electron chi connectivity index (χ4n) is 10.3. The molecule has 4 aromatic heterocycles. The van der Waals surface area contributed by atoms with Crippen molar-refractivity contribution in [2.75, 3.05) is 40.4 Å². The SMILES string of the molecule is COc1ccc(-n2nc(C)c3ncn(-c4ccc(-c5ccccc5CN5CCCC5)cc4)c(=O)c32)cc1.COc1ccc(-n2nc(C)c3ncn(-c4ccc(-c5ccccc5CN5CCCC5)cc4)c(=O)c32)cc1. The Morgan fingerprint density at radius 2 is 0.797 bits per heavy atom. The summed E-state index contributed by atoms with van der Waals surface area (Å²) in [6.45, 7) is 10.3. The van der Waals surface area contributed by atoms with Crippen LogP contribution in [-0.2, 0) is 13.1 Å². The molecule has 2 saturated heterocycles. The molecule has 0 bridgehead atoms. The first-order valence-corrected chi connectivity index (χ1v) is 25.3. The monoisotopic (exact) mass is 982 g/mol. The molecular weight excluding hydrogens is 925 g/mol. The molecule has 6 heterocycles. The summed E-state index contributed by atoms with van der Waals surface area (Å²) in [7, 11) is 3.25. The van der Waals surface area contributed by atoms with E-state index in [4.69, 9.17) is 9.47 Å². The standard InChI is InChI=1S/2C30H29N5O2/c2*1-21-28-29(35(32-21)25-13-15-26(37-2)16-14-25)30(36)34(20-31-28)24-11-9-22(10-12-24)27-8-4-3-7-23(27)19-33-17-5-6-18-33/h2*3-4,7-16,20H,5-6,17-19H2,1-2H3. The smallest absolute Gasteiger partial charge is 0.284 e. The highest BCUT2D eigenvalue weighted by atomic mass is 16.5. The van der Waals surface area contributed by atoms with Crippen LogP contribution in [-0.4, -0.2) is 88.9 Å². The molecule has 12 rings (SSSR count). The molecule has 2 fully saturated rings. The van der Waals surface area contributed by atoms with E-state index in [1.54, 1.807) is 45.4 Å². The minimum Gasteiger partial charge on any atom is -0.497 e. The van der Waals surface area contributed by atoms with E-state index in [1.165, 1.54) is 47.9 Å². The topological polar surface area (TPSA) is 130 Å². The minimum absolute atomic E-state index is 0.163. The average molecular weight is 983 g/mol. The van der Waals surface area contributed by atoms with Crippen molar-refractivity contribution in [1.82, 2.24) is 48.5 Å². The normalized spacial score (nSPS) is 13.9. The van der Waals surface area contributed by atoms with Gasteiger partial charge in [0, 0.05) is 13.1 Å². The maximum atomic E-state index is 13.7. The van der Waals surface area contributed by atoms with Crippen LogP contribution in [0.2, 0.25) is 0 Å². The van der Waals surface area contributed by atoms with Crippen LogP contribution in [0.3, 0.4) is 0 Å². The van der Waals surface area contributed by atoms with E-state index in [0.717, 1.165) is 84.6 Å². The predicted octanol–water partition coefficient (Wildman–Crippen LogP) is 10.3. The van der Waals surface area contributed by atoms with Crippen LogP contribution in [0, 0.1) is 13.8 Å². The molecule has 0 unspecified atom stereocenters. The average Bonchev–Trinajstić information content (AvgIpc) is 4.29. The van der Waals surface area contributed by atoms with Crippen LogP contribution in [0.4, 0.5) is 0 Å². The number of aromatic nitrogens is 8. The minimum atomic E-state index is -0.163. The number of fused-ring (bicyclic) bond motifs is 2.